The number of aryl methyl sites for hydroxylation is 1. The van der Waals surface area contributed by atoms with Gasteiger partial charge in [-0.25, -0.2) is 9.48 Å². The minimum absolute atomic E-state index is 0.231. The Kier molecular flexibility index (Phi) is 3.73. The van der Waals surface area contributed by atoms with E-state index in [2.05, 4.69) is 5.10 Å². The third kappa shape index (κ3) is 2.49. The van der Waals surface area contributed by atoms with E-state index in [1.54, 1.807) is 20.8 Å². The van der Waals surface area contributed by atoms with E-state index >= 15 is 0 Å². The van der Waals surface area contributed by atoms with Crippen molar-refractivity contribution in [2.75, 3.05) is 0 Å². The number of carbonyl (C=O) groups is 1. The highest BCUT2D eigenvalue weighted by atomic mass is 16.6. The van der Waals surface area contributed by atoms with E-state index < -0.39 is 16.4 Å². The molecule has 1 heterocycles. The van der Waals surface area contributed by atoms with Crippen molar-refractivity contribution in [3.8, 4) is 0 Å². The Bertz CT molecular complexity index is 485. The SMILES string of the molecule is CCCc1nn(C(C)(C)C)c(C(=O)O)c1[N+](=O)[O-]. The molecule has 1 N–H and O–H groups in total. The summed E-state index contributed by atoms with van der Waals surface area (Å²) in [6, 6.07) is 0. The Balaban J connectivity index is 3.59. The maximum absolute atomic E-state index is 11.2. The van der Waals surface area contributed by atoms with Crippen LogP contribution in [0, 0.1) is 10.1 Å². The van der Waals surface area contributed by atoms with Gasteiger partial charge in [-0.1, -0.05) is 13.3 Å². The standard InChI is InChI=1S/C11H17N3O4/c1-5-6-7-8(14(17)18)9(10(15)16)13(12-7)11(2,3)4/h5-6H2,1-4H3,(H,15,16). The number of carboxylic acid groups (broad SMARTS) is 1. The number of hydrogen-bond donors (Lipinski definition) is 1. The highest BCUT2D eigenvalue weighted by Gasteiger charge is 2.35. The Morgan fingerprint density at radius 2 is 2.06 bits per heavy atom. The quantitative estimate of drug-likeness (QED) is 0.656. The molecule has 7 heteroatoms. The molecule has 0 unspecified atom stereocenters. The van der Waals surface area contributed by atoms with Gasteiger partial charge in [0.05, 0.1) is 10.5 Å². The Labute approximate surface area is 105 Å². The molecular weight excluding hydrogens is 238 g/mol. The first kappa shape index (κ1) is 14.1. The van der Waals surface area contributed by atoms with Crippen LogP contribution in [0.2, 0.25) is 0 Å². The Hall–Kier alpha value is -1.92. The van der Waals surface area contributed by atoms with E-state index in [9.17, 15) is 20.0 Å². The van der Waals surface area contributed by atoms with Crippen LogP contribution in [-0.2, 0) is 12.0 Å². The van der Waals surface area contributed by atoms with Crippen molar-refractivity contribution in [3.63, 3.8) is 0 Å². The van der Waals surface area contributed by atoms with Crippen molar-refractivity contribution >= 4 is 11.7 Å². The molecule has 0 aliphatic heterocycles. The Morgan fingerprint density at radius 3 is 2.39 bits per heavy atom. The summed E-state index contributed by atoms with van der Waals surface area (Å²) in [5, 5.41) is 24.3. The molecule has 0 saturated heterocycles. The zero-order chi connectivity index (χ0) is 14.1. The lowest BCUT2D eigenvalue weighted by atomic mass is 10.1. The number of nitro groups is 1. The summed E-state index contributed by atoms with van der Waals surface area (Å²) in [6.07, 6.45) is 1.06. The number of aromatic nitrogens is 2. The molecule has 0 atom stereocenters. The smallest absolute Gasteiger partial charge is 0.361 e. The van der Waals surface area contributed by atoms with Gasteiger partial charge in [0.25, 0.3) is 0 Å². The van der Waals surface area contributed by atoms with E-state index in [4.69, 9.17) is 0 Å². The molecule has 18 heavy (non-hydrogen) atoms. The number of carboxylic acids is 1. The van der Waals surface area contributed by atoms with Gasteiger partial charge in [0, 0.05) is 0 Å². The predicted octanol–water partition coefficient (Wildman–Crippen LogP) is 2.20. The van der Waals surface area contributed by atoms with Gasteiger partial charge in [-0.05, 0) is 27.2 Å². The zero-order valence-corrected chi connectivity index (χ0v) is 10.9. The van der Waals surface area contributed by atoms with Gasteiger partial charge in [-0.3, -0.25) is 10.1 Å². The summed E-state index contributed by atoms with van der Waals surface area (Å²) in [5.41, 5.74) is -1.13. The van der Waals surface area contributed by atoms with Crippen LogP contribution in [0.4, 0.5) is 5.69 Å². The van der Waals surface area contributed by atoms with Crippen LogP contribution in [0.15, 0.2) is 0 Å². The zero-order valence-electron chi connectivity index (χ0n) is 10.9. The van der Waals surface area contributed by atoms with Crippen molar-refractivity contribution in [2.24, 2.45) is 0 Å². The van der Waals surface area contributed by atoms with E-state index in [1.165, 1.54) is 4.68 Å². The average molecular weight is 255 g/mol. The van der Waals surface area contributed by atoms with Crippen molar-refractivity contribution in [3.05, 3.63) is 21.5 Å². The van der Waals surface area contributed by atoms with Crippen LogP contribution in [0.5, 0.6) is 0 Å². The van der Waals surface area contributed by atoms with Crippen LogP contribution < -0.4 is 0 Å². The maximum atomic E-state index is 11.2. The summed E-state index contributed by atoms with van der Waals surface area (Å²) in [4.78, 5) is 21.6. The van der Waals surface area contributed by atoms with Crippen molar-refractivity contribution in [2.45, 2.75) is 46.1 Å². The van der Waals surface area contributed by atoms with Gasteiger partial charge in [0.1, 0.15) is 5.69 Å². The molecule has 0 amide bonds. The first-order valence-corrected chi connectivity index (χ1v) is 5.70. The molecule has 0 spiro atoms. The van der Waals surface area contributed by atoms with Crippen molar-refractivity contribution in [1.82, 2.24) is 9.78 Å². The lowest BCUT2D eigenvalue weighted by molar-refractivity contribution is -0.386. The maximum Gasteiger partial charge on any atom is 0.361 e. The fourth-order valence-corrected chi connectivity index (χ4v) is 1.73. The summed E-state index contributed by atoms with van der Waals surface area (Å²) >= 11 is 0. The molecule has 7 nitrogen and oxygen atoms in total. The Morgan fingerprint density at radius 1 is 1.50 bits per heavy atom. The fourth-order valence-electron chi connectivity index (χ4n) is 1.73. The van der Waals surface area contributed by atoms with E-state index in [0.29, 0.717) is 12.8 Å². The van der Waals surface area contributed by atoms with Crippen LogP contribution in [0.1, 0.15) is 50.3 Å². The number of nitrogens with zero attached hydrogens (tertiary/aromatic N) is 3. The first-order valence-electron chi connectivity index (χ1n) is 5.70. The number of rotatable bonds is 4. The van der Waals surface area contributed by atoms with Gasteiger partial charge in [0.2, 0.25) is 5.69 Å². The largest absolute Gasteiger partial charge is 0.476 e. The molecule has 0 fully saturated rings. The molecule has 0 aromatic carbocycles. The summed E-state index contributed by atoms with van der Waals surface area (Å²) in [5.74, 6) is -1.33. The lowest BCUT2D eigenvalue weighted by Crippen LogP contribution is -2.27. The van der Waals surface area contributed by atoms with Crippen LogP contribution in [0.3, 0.4) is 0 Å². The predicted molar refractivity (Wildman–Crippen MR) is 64.8 cm³/mol. The number of hydrogen-bond acceptors (Lipinski definition) is 4. The van der Waals surface area contributed by atoms with Gasteiger partial charge >= 0.3 is 11.7 Å². The highest BCUT2D eigenvalue weighted by molar-refractivity contribution is 5.91. The molecule has 0 aliphatic carbocycles. The third-order valence-corrected chi connectivity index (χ3v) is 2.44. The summed E-state index contributed by atoms with van der Waals surface area (Å²) in [7, 11) is 0. The highest BCUT2D eigenvalue weighted by Crippen LogP contribution is 2.29. The summed E-state index contributed by atoms with van der Waals surface area (Å²) in [6.45, 7) is 7.13. The second-order valence-electron chi connectivity index (χ2n) is 5.04. The molecule has 1 rings (SSSR count). The van der Waals surface area contributed by atoms with Crippen LogP contribution >= 0.6 is 0 Å². The second kappa shape index (κ2) is 4.75. The van der Waals surface area contributed by atoms with E-state index in [-0.39, 0.29) is 17.1 Å². The van der Waals surface area contributed by atoms with E-state index in [1.807, 2.05) is 6.92 Å². The minimum Gasteiger partial charge on any atom is -0.476 e. The van der Waals surface area contributed by atoms with Gasteiger partial charge in [-0.2, -0.15) is 5.10 Å². The minimum atomic E-state index is -1.33. The second-order valence-corrected chi connectivity index (χ2v) is 5.04. The van der Waals surface area contributed by atoms with Crippen LogP contribution in [-0.4, -0.2) is 25.8 Å². The molecular formula is C11H17N3O4. The monoisotopic (exact) mass is 255 g/mol. The molecule has 0 bridgehead atoms. The molecule has 0 saturated carbocycles. The van der Waals surface area contributed by atoms with Crippen molar-refractivity contribution < 1.29 is 14.8 Å². The topological polar surface area (TPSA) is 98.3 Å². The molecule has 0 aliphatic rings. The van der Waals surface area contributed by atoms with Crippen LogP contribution in [0.25, 0.3) is 0 Å². The van der Waals surface area contributed by atoms with Gasteiger partial charge in [0.15, 0.2) is 0 Å². The van der Waals surface area contributed by atoms with Gasteiger partial charge in [-0.15, -0.1) is 0 Å². The molecule has 1 aromatic rings. The lowest BCUT2D eigenvalue weighted by Gasteiger charge is -2.20. The normalized spacial score (nSPS) is 11.6. The average Bonchev–Trinajstić information content (AvgIpc) is 2.57. The first-order chi connectivity index (χ1) is 8.20. The molecule has 0 radical (unpaired) electrons. The van der Waals surface area contributed by atoms with Crippen molar-refractivity contribution in [1.29, 1.82) is 0 Å². The summed E-state index contributed by atoms with van der Waals surface area (Å²) < 4.78 is 1.22. The molecule has 100 valence electrons. The molecule has 1 aromatic heterocycles. The van der Waals surface area contributed by atoms with E-state index in [0.717, 1.165) is 0 Å². The van der Waals surface area contributed by atoms with Gasteiger partial charge < -0.3 is 5.11 Å². The third-order valence-electron chi connectivity index (χ3n) is 2.44. The number of aromatic carboxylic acids is 1. The fraction of sp³-hybridized carbons (Fsp3) is 0.636.